The number of para-hydroxylation sites is 1. The summed E-state index contributed by atoms with van der Waals surface area (Å²) in [4.78, 5) is 10.9. The highest BCUT2D eigenvalue weighted by Gasteiger charge is 2.04. The van der Waals surface area contributed by atoms with Gasteiger partial charge in [0.1, 0.15) is 5.75 Å². The topological polar surface area (TPSA) is 58.6 Å². The Balaban J connectivity index is 1.96. The molecule has 2 N–H and O–H groups in total. The number of aromatic carboxylic acids is 1. The van der Waals surface area contributed by atoms with Crippen LogP contribution in [0.15, 0.2) is 48.5 Å². The molecule has 0 bridgehead atoms. The average Bonchev–Trinajstić information content (AvgIpc) is 2.48. The normalized spacial score (nSPS) is 10.1. The first-order chi connectivity index (χ1) is 9.70. The number of nitrogens with one attached hydrogen (secondary N) is 1. The van der Waals surface area contributed by atoms with E-state index < -0.39 is 5.97 Å². The zero-order valence-corrected chi connectivity index (χ0v) is 11.3. The van der Waals surface area contributed by atoms with Gasteiger partial charge in [0.2, 0.25) is 0 Å². The van der Waals surface area contributed by atoms with Crippen LogP contribution >= 0.6 is 0 Å². The van der Waals surface area contributed by atoms with Crippen molar-refractivity contribution in [2.24, 2.45) is 0 Å². The van der Waals surface area contributed by atoms with E-state index in [1.165, 1.54) is 0 Å². The van der Waals surface area contributed by atoms with Crippen LogP contribution in [0.2, 0.25) is 0 Å². The Morgan fingerprint density at radius 2 is 2.00 bits per heavy atom. The molecule has 104 valence electrons. The lowest BCUT2D eigenvalue weighted by molar-refractivity contribution is 0.0697. The Hall–Kier alpha value is -2.49. The molecule has 0 fully saturated rings. The largest absolute Gasteiger partial charge is 0.496 e. The molecule has 0 radical (unpaired) electrons. The number of ether oxygens (including phenoxy) is 1. The van der Waals surface area contributed by atoms with E-state index in [4.69, 9.17) is 9.84 Å². The number of hydrogen-bond acceptors (Lipinski definition) is 3. The van der Waals surface area contributed by atoms with Gasteiger partial charge < -0.3 is 15.2 Å². The fourth-order valence-electron chi connectivity index (χ4n) is 2.01. The highest BCUT2D eigenvalue weighted by Crippen LogP contribution is 2.18. The van der Waals surface area contributed by atoms with Gasteiger partial charge in [-0.1, -0.05) is 24.3 Å². The van der Waals surface area contributed by atoms with Crippen molar-refractivity contribution in [3.63, 3.8) is 0 Å². The molecule has 2 aromatic rings. The zero-order valence-electron chi connectivity index (χ0n) is 11.3. The van der Waals surface area contributed by atoms with Gasteiger partial charge in [0, 0.05) is 12.2 Å². The van der Waals surface area contributed by atoms with E-state index in [9.17, 15) is 4.79 Å². The summed E-state index contributed by atoms with van der Waals surface area (Å²) in [6, 6.07) is 14.7. The fraction of sp³-hybridized carbons (Fsp3) is 0.188. The number of rotatable bonds is 6. The van der Waals surface area contributed by atoms with Gasteiger partial charge in [-0.15, -0.1) is 0 Å². The van der Waals surface area contributed by atoms with Crippen LogP contribution in [0.4, 0.5) is 5.69 Å². The summed E-state index contributed by atoms with van der Waals surface area (Å²) in [6.07, 6.45) is 0.807. The first-order valence-corrected chi connectivity index (χ1v) is 6.40. The first-order valence-electron chi connectivity index (χ1n) is 6.40. The van der Waals surface area contributed by atoms with Crippen molar-refractivity contribution in [1.29, 1.82) is 0 Å². The van der Waals surface area contributed by atoms with Gasteiger partial charge in [-0.05, 0) is 36.2 Å². The van der Waals surface area contributed by atoms with Crippen LogP contribution < -0.4 is 10.1 Å². The number of benzene rings is 2. The van der Waals surface area contributed by atoms with E-state index in [-0.39, 0.29) is 5.56 Å². The number of carboxylic acid groups (broad SMARTS) is 1. The van der Waals surface area contributed by atoms with Gasteiger partial charge in [-0.2, -0.15) is 0 Å². The van der Waals surface area contributed by atoms with Crippen molar-refractivity contribution >= 4 is 11.7 Å². The van der Waals surface area contributed by atoms with Gasteiger partial charge in [0.05, 0.1) is 12.7 Å². The van der Waals surface area contributed by atoms with Crippen LogP contribution in [0.3, 0.4) is 0 Å². The second-order valence-electron chi connectivity index (χ2n) is 4.37. The van der Waals surface area contributed by atoms with Crippen molar-refractivity contribution in [3.8, 4) is 5.75 Å². The van der Waals surface area contributed by atoms with E-state index >= 15 is 0 Å². The lowest BCUT2D eigenvalue weighted by Gasteiger charge is -2.10. The average molecular weight is 271 g/mol. The van der Waals surface area contributed by atoms with Gasteiger partial charge in [0.25, 0.3) is 0 Å². The van der Waals surface area contributed by atoms with Crippen molar-refractivity contribution < 1.29 is 14.6 Å². The summed E-state index contributed by atoms with van der Waals surface area (Å²) in [5.74, 6) is -0.0491. The van der Waals surface area contributed by atoms with Crippen LogP contribution in [0.25, 0.3) is 0 Å². The van der Waals surface area contributed by atoms with Crippen LogP contribution in [0.1, 0.15) is 15.9 Å². The van der Waals surface area contributed by atoms with E-state index in [0.717, 1.165) is 23.4 Å². The summed E-state index contributed by atoms with van der Waals surface area (Å²) < 4.78 is 5.29. The lowest BCUT2D eigenvalue weighted by atomic mass is 10.1. The predicted molar refractivity (Wildman–Crippen MR) is 78.6 cm³/mol. The Labute approximate surface area is 118 Å². The molecule has 0 aliphatic carbocycles. The van der Waals surface area contributed by atoms with E-state index in [2.05, 4.69) is 5.32 Å². The zero-order chi connectivity index (χ0) is 14.4. The third-order valence-electron chi connectivity index (χ3n) is 3.03. The summed E-state index contributed by atoms with van der Waals surface area (Å²) in [5.41, 5.74) is 2.21. The minimum Gasteiger partial charge on any atom is -0.496 e. The molecule has 0 amide bonds. The van der Waals surface area contributed by atoms with Crippen molar-refractivity contribution in [2.75, 3.05) is 19.0 Å². The Morgan fingerprint density at radius 1 is 1.20 bits per heavy atom. The van der Waals surface area contributed by atoms with Gasteiger partial charge >= 0.3 is 5.97 Å². The Bertz CT molecular complexity index is 596. The van der Waals surface area contributed by atoms with E-state index in [1.807, 2.05) is 30.3 Å². The van der Waals surface area contributed by atoms with Crippen molar-refractivity contribution in [2.45, 2.75) is 6.42 Å². The van der Waals surface area contributed by atoms with Crippen LogP contribution in [0.5, 0.6) is 5.75 Å². The highest BCUT2D eigenvalue weighted by molar-refractivity contribution is 5.88. The molecule has 20 heavy (non-hydrogen) atoms. The molecular weight excluding hydrogens is 254 g/mol. The monoisotopic (exact) mass is 271 g/mol. The smallest absolute Gasteiger partial charge is 0.335 e. The summed E-state index contributed by atoms with van der Waals surface area (Å²) in [6.45, 7) is 0.712. The lowest BCUT2D eigenvalue weighted by Crippen LogP contribution is -2.06. The molecule has 0 atom stereocenters. The van der Waals surface area contributed by atoms with Crippen molar-refractivity contribution in [3.05, 3.63) is 59.7 Å². The van der Waals surface area contributed by atoms with Crippen molar-refractivity contribution in [1.82, 2.24) is 0 Å². The van der Waals surface area contributed by atoms with Gasteiger partial charge in [-0.3, -0.25) is 0 Å². The molecule has 4 heteroatoms. The molecular formula is C16H17NO3. The van der Waals surface area contributed by atoms with Crippen LogP contribution in [0, 0.1) is 0 Å². The molecule has 2 aromatic carbocycles. The van der Waals surface area contributed by atoms with Crippen LogP contribution in [-0.2, 0) is 6.42 Å². The molecule has 4 nitrogen and oxygen atoms in total. The second-order valence-corrected chi connectivity index (χ2v) is 4.37. The van der Waals surface area contributed by atoms with Gasteiger partial charge in [-0.25, -0.2) is 4.79 Å². The summed E-state index contributed by atoms with van der Waals surface area (Å²) in [7, 11) is 1.66. The predicted octanol–water partition coefficient (Wildman–Crippen LogP) is 3.05. The molecule has 0 spiro atoms. The minimum atomic E-state index is -0.918. The quantitative estimate of drug-likeness (QED) is 0.847. The Kier molecular flexibility index (Phi) is 4.60. The maximum atomic E-state index is 10.9. The van der Waals surface area contributed by atoms with Gasteiger partial charge in [0.15, 0.2) is 0 Å². The molecule has 2 rings (SSSR count). The molecule has 0 aliphatic heterocycles. The molecule has 0 saturated carbocycles. The molecule has 0 unspecified atom stereocenters. The third kappa shape index (κ3) is 3.51. The first kappa shape index (κ1) is 13.9. The summed E-state index contributed by atoms with van der Waals surface area (Å²) in [5, 5.41) is 12.2. The summed E-state index contributed by atoms with van der Waals surface area (Å²) >= 11 is 0. The molecule has 0 aliphatic rings. The third-order valence-corrected chi connectivity index (χ3v) is 3.03. The number of anilines is 1. The highest BCUT2D eigenvalue weighted by atomic mass is 16.5. The number of carboxylic acids is 1. The number of carbonyl (C=O) groups is 1. The SMILES string of the molecule is COc1ccccc1CCNc1cccc(C(=O)O)c1. The molecule has 0 saturated heterocycles. The fourth-order valence-corrected chi connectivity index (χ4v) is 2.01. The molecule has 0 aromatic heterocycles. The Morgan fingerprint density at radius 3 is 2.75 bits per heavy atom. The minimum absolute atomic E-state index is 0.285. The maximum absolute atomic E-state index is 10.9. The molecule has 0 heterocycles. The maximum Gasteiger partial charge on any atom is 0.335 e. The number of methoxy groups -OCH3 is 1. The van der Waals surface area contributed by atoms with E-state index in [1.54, 1.807) is 25.3 Å². The van der Waals surface area contributed by atoms with Crippen LogP contribution in [-0.4, -0.2) is 24.7 Å². The van der Waals surface area contributed by atoms with E-state index in [0.29, 0.717) is 6.54 Å². The second kappa shape index (κ2) is 6.61. The number of hydrogen-bond donors (Lipinski definition) is 2. The standard InChI is InChI=1S/C16H17NO3/c1-20-15-8-3-2-5-12(15)9-10-17-14-7-4-6-13(11-14)16(18)19/h2-8,11,17H,9-10H2,1H3,(H,18,19).